The first-order valence-corrected chi connectivity index (χ1v) is 16.2. The van der Waals surface area contributed by atoms with Gasteiger partial charge in [0.15, 0.2) is 0 Å². The molecule has 3 N–H and O–H groups in total. The van der Waals surface area contributed by atoms with Gasteiger partial charge in [-0.2, -0.15) is 0 Å². The van der Waals surface area contributed by atoms with Gasteiger partial charge >= 0.3 is 6.03 Å². The van der Waals surface area contributed by atoms with Gasteiger partial charge in [0.1, 0.15) is 5.75 Å². The molecule has 0 saturated heterocycles. The first kappa shape index (κ1) is 33.2. The summed E-state index contributed by atoms with van der Waals surface area (Å²) < 4.78 is 38.7. The van der Waals surface area contributed by atoms with Crippen molar-refractivity contribution in [2.75, 3.05) is 49.6 Å². The fourth-order valence-corrected chi connectivity index (χ4v) is 5.31. The largest absolute Gasteiger partial charge is 0.490 e. The number of benzene rings is 2. The second kappa shape index (κ2) is 15.2. The van der Waals surface area contributed by atoms with Crippen LogP contribution in [0.3, 0.4) is 0 Å². The van der Waals surface area contributed by atoms with Gasteiger partial charge in [-0.05, 0) is 63.4 Å². The first-order chi connectivity index (χ1) is 19.9. The summed E-state index contributed by atoms with van der Waals surface area (Å²) in [6, 6.07) is 13.0. The van der Waals surface area contributed by atoms with Crippen LogP contribution in [0.5, 0.6) is 5.75 Å². The molecule has 12 heteroatoms. The van der Waals surface area contributed by atoms with E-state index in [1.807, 2.05) is 44.2 Å². The molecule has 3 amide bonds. The molecule has 2 aromatic rings. The van der Waals surface area contributed by atoms with E-state index < -0.39 is 28.1 Å². The molecule has 2 aromatic carbocycles. The topological polar surface area (TPSA) is 138 Å². The Balaban J connectivity index is 1.91. The molecule has 0 spiro atoms. The van der Waals surface area contributed by atoms with E-state index in [0.29, 0.717) is 18.0 Å². The number of nitrogens with one attached hydrogen (secondary N) is 2. The van der Waals surface area contributed by atoms with Crippen molar-refractivity contribution < 1.29 is 32.6 Å². The second-order valence-corrected chi connectivity index (χ2v) is 12.8. The highest BCUT2D eigenvalue weighted by Gasteiger charge is 2.31. The smallest absolute Gasteiger partial charge is 0.321 e. The molecular weight excluding hydrogens is 560 g/mol. The van der Waals surface area contributed by atoms with Crippen LogP contribution in [0.15, 0.2) is 48.5 Å². The van der Waals surface area contributed by atoms with Gasteiger partial charge in [-0.15, -0.1) is 0 Å². The molecule has 1 aliphatic rings. The predicted octanol–water partition coefficient (Wildman–Crippen LogP) is 4.02. The lowest BCUT2D eigenvalue weighted by molar-refractivity contribution is -0.0115. The highest BCUT2D eigenvalue weighted by molar-refractivity contribution is 7.92. The molecule has 11 nitrogen and oxygen atoms in total. The number of rotatable bonds is 7. The zero-order valence-corrected chi connectivity index (χ0v) is 25.9. The summed E-state index contributed by atoms with van der Waals surface area (Å²) in [4.78, 5) is 30.1. The number of para-hydroxylation sites is 1. The van der Waals surface area contributed by atoms with Gasteiger partial charge in [0.25, 0.3) is 5.91 Å². The van der Waals surface area contributed by atoms with E-state index in [0.717, 1.165) is 25.5 Å². The van der Waals surface area contributed by atoms with Gasteiger partial charge in [0.2, 0.25) is 10.0 Å². The highest BCUT2D eigenvalue weighted by atomic mass is 32.2. The third-order valence-electron chi connectivity index (χ3n) is 7.18. The number of nitrogens with zero attached hydrogens (tertiary/aromatic N) is 2. The molecule has 3 rings (SSSR count). The number of sulfonamides is 1. The zero-order valence-electron chi connectivity index (χ0n) is 25.1. The van der Waals surface area contributed by atoms with Crippen LogP contribution in [0.25, 0.3) is 0 Å². The molecule has 0 fully saturated rings. The molecule has 0 aliphatic carbocycles. The quantitative estimate of drug-likeness (QED) is 0.434. The third kappa shape index (κ3) is 9.88. The third-order valence-corrected chi connectivity index (χ3v) is 7.79. The number of aliphatic hydroxyl groups is 1. The number of ether oxygens (including phenoxy) is 2. The monoisotopic (exact) mass is 604 g/mol. The normalized spacial score (nSPS) is 21.3. The van der Waals surface area contributed by atoms with Crippen molar-refractivity contribution >= 4 is 33.3 Å². The SMILES string of the molecule is C[C@H]1CCCCO[C@@H](CN(C)C(=O)Nc2ccccc2)[C@@H](C)CN([C@@H](C)CO)C(=O)c2cc(NS(C)(=O)=O)ccc2O1. The van der Waals surface area contributed by atoms with Crippen LogP contribution < -0.4 is 14.8 Å². The summed E-state index contributed by atoms with van der Waals surface area (Å²) in [6.45, 7) is 6.32. The Kier molecular flexibility index (Phi) is 12.0. The Bertz CT molecular complexity index is 1290. The summed E-state index contributed by atoms with van der Waals surface area (Å²) in [5, 5.41) is 13.0. The van der Waals surface area contributed by atoms with Crippen LogP contribution in [0.4, 0.5) is 16.2 Å². The number of carbonyl (C=O) groups is 2. The van der Waals surface area contributed by atoms with Crippen LogP contribution in [-0.4, -0.2) is 93.1 Å². The van der Waals surface area contributed by atoms with Crippen LogP contribution in [0.2, 0.25) is 0 Å². The number of fused-ring (bicyclic) bond motifs is 1. The number of hydrogen-bond acceptors (Lipinski definition) is 7. The summed E-state index contributed by atoms with van der Waals surface area (Å²) in [6.07, 6.45) is 2.77. The molecule has 42 heavy (non-hydrogen) atoms. The summed E-state index contributed by atoms with van der Waals surface area (Å²) in [7, 11) is -1.88. The van der Waals surface area contributed by atoms with Crippen molar-refractivity contribution in [1.82, 2.24) is 9.80 Å². The fourth-order valence-electron chi connectivity index (χ4n) is 4.76. The van der Waals surface area contributed by atoms with E-state index in [9.17, 15) is 23.1 Å². The van der Waals surface area contributed by atoms with Crippen LogP contribution in [-0.2, 0) is 14.8 Å². The molecule has 0 radical (unpaired) electrons. The summed E-state index contributed by atoms with van der Waals surface area (Å²) >= 11 is 0. The number of anilines is 2. The average molecular weight is 605 g/mol. The fraction of sp³-hybridized carbons (Fsp3) is 0.533. The zero-order chi connectivity index (χ0) is 30.9. The maximum absolute atomic E-state index is 14.1. The van der Waals surface area contributed by atoms with E-state index >= 15 is 0 Å². The average Bonchev–Trinajstić information content (AvgIpc) is 2.94. The predicted molar refractivity (Wildman–Crippen MR) is 163 cm³/mol. The molecule has 0 saturated carbocycles. The van der Waals surface area contributed by atoms with Gasteiger partial charge in [-0.1, -0.05) is 25.1 Å². The van der Waals surface area contributed by atoms with E-state index in [4.69, 9.17) is 9.47 Å². The van der Waals surface area contributed by atoms with Crippen molar-refractivity contribution in [3.63, 3.8) is 0 Å². The molecular formula is C30H44N4O7S. The van der Waals surface area contributed by atoms with Crippen molar-refractivity contribution in [2.45, 2.75) is 58.3 Å². The van der Waals surface area contributed by atoms with Gasteiger partial charge in [0.05, 0.1) is 36.7 Å². The minimum Gasteiger partial charge on any atom is -0.490 e. The Hall–Kier alpha value is -3.35. The van der Waals surface area contributed by atoms with E-state index in [-0.39, 0.29) is 49.0 Å². The lowest BCUT2D eigenvalue weighted by Gasteiger charge is -2.35. The molecule has 1 heterocycles. The lowest BCUT2D eigenvalue weighted by Crippen LogP contribution is -2.48. The van der Waals surface area contributed by atoms with Gasteiger partial charge < -0.3 is 29.7 Å². The number of urea groups is 1. The molecule has 0 unspecified atom stereocenters. The number of aliphatic hydroxyl groups excluding tert-OH is 1. The van der Waals surface area contributed by atoms with Gasteiger partial charge in [0, 0.05) is 44.0 Å². The number of amides is 3. The minimum atomic E-state index is -3.58. The highest BCUT2D eigenvalue weighted by Crippen LogP contribution is 2.29. The molecule has 4 atom stereocenters. The van der Waals surface area contributed by atoms with E-state index in [1.54, 1.807) is 35.9 Å². The standard InChI is InChI=1S/C30H44N4O7S/c1-21-18-34(22(2)20-35)29(36)26-17-25(32-42(5,38)39)14-15-27(26)41-23(3)11-9-10-16-40-28(21)19-33(4)30(37)31-24-12-7-6-8-13-24/h6-8,12-15,17,21-23,28,32,35H,9-11,16,18-20H2,1-5H3,(H,31,37)/t21-,22-,23-,28-/m0/s1. The summed E-state index contributed by atoms with van der Waals surface area (Å²) in [5.41, 5.74) is 1.11. The Morgan fingerprint density at radius 3 is 2.52 bits per heavy atom. The second-order valence-electron chi connectivity index (χ2n) is 11.1. The maximum atomic E-state index is 14.1. The Labute approximate surface area is 249 Å². The van der Waals surface area contributed by atoms with Crippen molar-refractivity contribution in [3.05, 3.63) is 54.1 Å². The molecule has 232 valence electrons. The van der Waals surface area contributed by atoms with E-state index in [2.05, 4.69) is 10.0 Å². The van der Waals surface area contributed by atoms with E-state index in [1.165, 1.54) is 6.07 Å². The molecule has 0 aromatic heterocycles. The van der Waals surface area contributed by atoms with Crippen molar-refractivity contribution in [3.8, 4) is 5.75 Å². The van der Waals surface area contributed by atoms with Crippen LogP contribution in [0.1, 0.15) is 50.4 Å². The maximum Gasteiger partial charge on any atom is 0.321 e. The minimum absolute atomic E-state index is 0.192. The van der Waals surface area contributed by atoms with Crippen LogP contribution >= 0.6 is 0 Å². The number of hydrogen-bond donors (Lipinski definition) is 3. The Morgan fingerprint density at radius 2 is 1.86 bits per heavy atom. The van der Waals surface area contributed by atoms with Crippen molar-refractivity contribution in [2.24, 2.45) is 5.92 Å². The van der Waals surface area contributed by atoms with Gasteiger partial charge in [-0.25, -0.2) is 13.2 Å². The van der Waals surface area contributed by atoms with Gasteiger partial charge in [-0.3, -0.25) is 9.52 Å². The number of carbonyl (C=O) groups excluding carboxylic acids is 2. The van der Waals surface area contributed by atoms with Crippen LogP contribution in [0, 0.1) is 5.92 Å². The lowest BCUT2D eigenvalue weighted by atomic mass is 10.0. The first-order valence-electron chi connectivity index (χ1n) is 14.3. The number of likely N-dealkylation sites (N-methyl/N-ethyl adjacent to an activating group) is 1. The Morgan fingerprint density at radius 1 is 1.14 bits per heavy atom. The molecule has 0 bridgehead atoms. The van der Waals surface area contributed by atoms with Crippen molar-refractivity contribution in [1.29, 1.82) is 0 Å². The molecule has 1 aliphatic heterocycles. The summed E-state index contributed by atoms with van der Waals surface area (Å²) in [5.74, 6) is -0.288.